The second kappa shape index (κ2) is 15.0. The maximum absolute atomic E-state index is 9.87. The Morgan fingerprint density at radius 1 is 0.941 bits per heavy atom. The molecule has 0 aromatic rings. The van der Waals surface area contributed by atoms with Gasteiger partial charge in [-0.3, -0.25) is 9.59 Å². The van der Waals surface area contributed by atoms with Gasteiger partial charge >= 0.3 is 5.97 Å². The van der Waals surface area contributed by atoms with Crippen molar-refractivity contribution in [3.63, 3.8) is 0 Å². The summed E-state index contributed by atoms with van der Waals surface area (Å²) in [5.74, 6) is -1.37. The number of aliphatic hydroxyl groups is 2. The molecule has 3 N–H and O–H groups in total. The lowest BCUT2D eigenvalue weighted by atomic mass is 10.3. The number of carbonyl (C=O) groups excluding carboxylic acids is 1. The lowest BCUT2D eigenvalue weighted by Crippen LogP contribution is -2.09. The molecule has 0 saturated heterocycles. The van der Waals surface area contributed by atoms with Gasteiger partial charge in [0, 0.05) is 0 Å². The van der Waals surface area contributed by atoms with Crippen LogP contribution in [-0.4, -0.2) is 66.7 Å². The zero-order chi connectivity index (χ0) is 13.5. The van der Waals surface area contributed by atoms with E-state index in [4.69, 9.17) is 24.8 Å². The van der Waals surface area contributed by atoms with Gasteiger partial charge in [0.15, 0.2) is 0 Å². The summed E-state index contributed by atoms with van der Waals surface area (Å²) in [6.07, 6.45) is -0.361. The van der Waals surface area contributed by atoms with Crippen molar-refractivity contribution in [1.29, 1.82) is 0 Å². The molecule has 0 atom stereocenters. The second-order valence-corrected chi connectivity index (χ2v) is 2.94. The number of aliphatic hydroxyl groups excluding tert-OH is 2. The van der Waals surface area contributed by atoms with Gasteiger partial charge in [-0.05, 0) is 6.92 Å². The van der Waals surface area contributed by atoms with E-state index in [2.05, 4.69) is 0 Å². The van der Waals surface area contributed by atoms with Crippen LogP contribution in [0, 0.1) is 0 Å². The number of Topliss-reactive ketones (excluding diaryl/α,β-unsaturated/α-hetero) is 1. The van der Waals surface area contributed by atoms with Gasteiger partial charge in [0.1, 0.15) is 12.2 Å². The smallest absolute Gasteiger partial charge is 0.310 e. The van der Waals surface area contributed by atoms with Crippen molar-refractivity contribution in [3.05, 3.63) is 0 Å². The Hall–Kier alpha value is -1.02. The Balaban J connectivity index is 0. The summed E-state index contributed by atoms with van der Waals surface area (Å²) in [4.78, 5) is 19.5. The van der Waals surface area contributed by atoms with Crippen LogP contribution in [0.25, 0.3) is 0 Å². The Labute approximate surface area is 100.0 Å². The number of rotatable bonds is 9. The highest BCUT2D eigenvalue weighted by Crippen LogP contribution is 1.77. The zero-order valence-corrected chi connectivity index (χ0v) is 9.92. The normalized spacial score (nSPS) is 9.35. The maximum Gasteiger partial charge on any atom is 0.310 e. The molecule has 0 amide bonds. The molecule has 0 fully saturated rings. The fraction of sp³-hybridized carbons (Fsp3) is 0.800. The SMILES string of the molecule is CC(=O)CC(=O)O.OCCOCCOCCO. The van der Waals surface area contributed by atoms with E-state index in [1.165, 1.54) is 6.92 Å². The predicted molar refractivity (Wildman–Crippen MR) is 58.7 cm³/mol. The number of hydrogen-bond donors (Lipinski definition) is 3. The minimum absolute atomic E-state index is 0.0417. The summed E-state index contributed by atoms with van der Waals surface area (Å²) >= 11 is 0. The molecule has 0 aromatic heterocycles. The molecule has 0 aliphatic carbocycles. The van der Waals surface area contributed by atoms with Crippen molar-refractivity contribution >= 4 is 11.8 Å². The van der Waals surface area contributed by atoms with E-state index >= 15 is 0 Å². The fourth-order valence-corrected chi connectivity index (χ4v) is 0.664. The van der Waals surface area contributed by atoms with Gasteiger partial charge in [-0.1, -0.05) is 0 Å². The first kappa shape index (κ1) is 18.3. The standard InChI is InChI=1S/C6H14O4.C4H6O3/c7-1-3-9-5-6-10-4-2-8;1-3(5)2-4(6)7/h7-8H,1-6H2;2H2,1H3,(H,6,7). The lowest BCUT2D eigenvalue weighted by molar-refractivity contribution is -0.139. The highest BCUT2D eigenvalue weighted by molar-refractivity contribution is 5.93. The van der Waals surface area contributed by atoms with Crippen molar-refractivity contribution in [2.45, 2.75) is 13.3 Å². The number of carboxylic acids is 1. The van der Waals surface area contributed by atoms with Crippen LogP contribution < -0.4 is 0 Å². The largest absolute Gasteiger partial charge is 0.481 e. The number of aliphatic carboxylic acids is 1. The summed E-state index contributed by atoms with van der Waals surface area (Å²) in [7, 11) is 0. The molecule has 17 heavy (non-hydrogen) atoms. The van der Waals surface area contributed by atoms with E-state index < -0.39 is 5.97 Å². The Morgan fingerprint density at radius 2 is 1.35 bits per heavy atom. The third-order valence-corrected chi connectivity index (χ3v) is 1.24. The summed E-state index contributed by atoms with van der Waals surface area (Å²) in [6.45, 7) is 2.97. The van der Waals surface area contributed by atoms with Gasteiger partial charge in [0.25, 0.3) is 0 Å². The summed E-state index contributed by atoms with van der Waals surface area (Å²) < 4.78 is 9.75. The minimum atomic E-state index is -1.06. The average molecular weight is 252 g/mol. The molecule has 102 valence electrons. The summed E-state index contributed by atoms with van der Waals surface area (Å²) in [5, 5.41) is 24.4. The van der Waals surface area contributed by atoms with Gasteiger partial charge in [-0.15, -0.1) is 0 Å². The molecule has 7 heteroatoms. The Bertz CT molecular complexity index is 173. The van der Waals surface area contributed by atoms with E-state index in [1.807, 2.05) is 0 Å². The molecule has 0 aromatic carbocycles. The van der Waals surface area contributed by atoms with E-state index in [1.54, 1.807) is 0 Å². The van der Waals surface area contributed by atoms with Crippen LogP contribution in [0.5, 0.6) is 0 Å². The van der Waals surface area contributed by atoms with E-state index in [0.717, 1.165) is 0 Å². The summed E-state index contributed by atoms with van der Waals surface area (Å²) in [6, 6.07) is 0. The molecule has 0 bridgehead atoms. The van der Waals surface area contributed by atoms with Crippen LogP contribution in [0.3, 0.4) is 0 Å². The summed E-state index contributed by atoms with van der Waals surface area (Å²) in [5.41, 5.74) is 0. The Morgan fingerprint density at radius 3 is 1.53 bits per heavy atom. The number of hydrogen-bond acceptors (Lipinski definition) is 6. The number of carbonyl (C=O) groups is 2. The fourth-order valence-electron chi connectivity index (χ4n) is 0.664. The van der Waals surface area contributed by atoms with Gasteiger partial charge in [0.2, 0.25) is 0 Å². The minimum Gasteiger partial charge on any atom is -0.481 e. The van der Waals surface area contributed by atoms with Crippen LogP contribution in [-0.2, 0) is 19.1 Å². The first-order chi connectivity index (χ1) is 8.04. The highest BCUT2D eigenvalue weighted by Gasteiger charge is 1.98. The number of ether oxygens (including phenoxy) is 2. The maximum atomic E-state index is 9.87. The van der Waals surface area contributed by atoms with E-state index in [-0.39, 0.29) is 25.4 Å². The molecular weight excluding hydrogens is 232 g/mol. The topological polar surface area (TPSA) is 113 Å². The molecule has 7 nitrogen and oxygen atoms in total. The van der Waals surface area contributed by atoms with Crippen LogP contribution in [0.1, 0.15) is 13.3 Å². The van der Waals surface area contributed by atoms with Gasteiger partial charge in [-0.2, -0.15) is 0 Å². The molecule has 0 unspecified atom stereocenters. The predicted octanol–water partition coefficient (Wildman–Crippen LogP) is -0.946. The quantitative estimate of drug-likeness (QED) is 0.358. The lowest BCUT2D eigenvalue weighted by Gasteiger charge is -2.01. The average Bonchev–Trinajstić information content (AvgIpc) is 2.22. The molecule has 0 radical (unpaired) electrons. The van der Waals surface area contributed by atoms with Crippen molar-refractivity contribution in [2.75, 3.05) is 39.6 Å². The first-order valence-corrected chi connectivity index (χ1v) is 5.13. The molecule has 0 rings (SSSR count). The van der Waals surface area contributed by atoms with Gasteiger partial charge in [-0.25, -0.2) is 0 Å². The van der Waals surface area contributed by atoms with Crippen molar-refractivity contribution in [3.8, 4) is 0 Å². The third-order valence-electron chi connectivity index (χ3n) is 1.24. The zero-order valence-electron chi connectivity index (χ0n) is 9.92. The van der Waals surface area contributed by atoms with Crippen LogP contribution >= 0.6 is 0 Å². The highest BCUT2D eigenvalue weighted by atomic mass is 16.5. The van der Waals surface area contributed by atoms with Gasteiger partial charge < -0.3 is 24.8 Å². The van der Waals surface area contributed by atoms with Crippen LogP contribution in [0.2, 0.25) is 0 Å². The molecule has 0 aliphatic rings. The van der Waals surface area contributed by atoms with Gasteiger partial charge in [0.05, 0.1) is 39.6 Å². The first-order valence-electron chi connectivity index (χ1n) is 5.13. The van der Waals surface area contributed by atoms with E-state index in [9.17, 15) is 9.59 Å². The Kier molecular flexibility index (Phi) is 16.2. The number of ketones is 1. The molecule has 0 aliphatic heterocycles. The van der Waals surface area contributed by atoms with E-state index in [0.29, 0.717) is 26.4 Å². The van der Waals surface area contributed by atoms with Crippen LogP contribution in [0.4, 0.5) is 0 Å². The second-order valence-electron chi connectivity index (χ2n) is 2.94. The molecule has 0 heterocycles. The monoisotopic (exact) mass is 252 g/mol. The molecule has 0 spiro atoms. The van der Waals surface area contributed by atoms with Crippen LogP contribution in [0.15, 0.2) is 0 Å². The molecule has 0 saturated carbocycles. The van der Waals surface area contributed by atoms with Crippen molar-refractivity contribution in [2.24, 2.45) is 0 Å². The molecular formula is C10H20O7. The third kappa shape index (κ3) is 25.3. The number of carboxylic acid groups (broad SMARTS) is 1. The van der Waals surface area contributed by atoms with Crippen molar-refractivity contribution in [1.82, 2.24) is 0 Å². The van der Waals surface area contributed by atoms with Crippen molar-refractivity contribution < 1.29 is 34.4 Å².